The van der Waals surface area contributed by atoms with E-state index < -0.39 is 48.4 Å². The third kappa shape index (κ3) is 5.15. The first kappa shape index (κ1) is 21.1. The molecule has 1 unspecified atom stereocenters. The number of ether oxygens (including phenoxy) is 2. The smallest absolute Gasteiger partial charge is 0.320 e. The van der Waals surface area contributed by atoms with Crippen molar-refractivity contribution in [3.63, 3.8) is 0 Å². The van der Waals surface area contributed by atoms with Gasteiger partial charge in [0.15, 0.2) is 0 Å². The lowest BCUT2D eigenvalue weighted by atomic mass is 10.1. The summed E-state index contributed by atoms with van der Waals surface area (Å²) in [4.78, 5) is 59.7. The number of aliphatic carboxylic acids is 1. The fourth-order valence-corrected chi connectivity index (χ4v) is 2.58. The van der Waals surface area contributed by atoms with Crippen molar-refractivity contribution in [2.75, 3.05) is 6.54 Å². The Labute approximate surface area is 161 Å². The van der Waals surface area contributed by atoms with Crippen LogP contribution in [0.5, 0.6) is 0 Å². The first-order chi connectivity index (χ1) is 13.2. The van der Waals surface area contributed by atoms with Gasteiger partial charge < -0.3 is 14.6 Å². The molecule has 28 heavy (non-hydrogen) atoms. The minimum atomic E-state index is -1.37. The van der Waals surface area contributed by atoms with Crippen molar-refractivity contribution in [3.05, 3.63) is 35.4 Å². The summed E-state index contributed by atoms with van der Waals surface area (Å²) >= 11 is 0. The maximum atomic E-state index is 12.3. The number of benzene rings is 1. The van der Waals surface area contributed by atoms with Gasteiger partial charge in [-0.1, -0.05) is 26.0 Å². The Morgan fingerprint density at radius 2 is 1.61 bits per heavy atom. The van der Waals surface area contributed by atoms with Crippen molar-refractivity contribution >= 4 is 29.7 Å². The zero-order valence-corrected chi connectivity index (χ0v) is 15.5. The summed E-state index contributed by atoms with van der Waals surface area (Å²) in [5, 5.41) is 8.64. The van der Waals surface area contributed by atoms with E-state index in [2.05, 4.69) is 0 Å². The summed E-state index contributed by atoms with van der Waals surface area (Å²) < 4.78 is 9.99. The number of rotatable bonds is 9. The summed E-state index contributed by atoms with van der Waals surface area (Å²) in [6.45, 7) is 3.23. The Balaban J connectivity index is 1.96. The molecule has 0 bridgehead atoms. The molecule has 0 radical (unpaired) electrons. The van der Waals surface area contributed by atoms with Crippen LogP contribution in [0.25, 0.3) is 0 Å². The number of nitrogens with zero attached hydrogens (tertiary/aromatic N) is 1. The van der Waals surface area contributed by atoms with Gasteiger partial charge in [0, 0.05) is 13.0 Å². The molecule has 150 valence electrons. The minimum Gasteiger partial charge on any atom is -0.481 e. The second-order valence-electron chi connectivity index (χ2n) is 6.53. The van der Waals surface area contributed by atoms with Gasteiger partial charge in [-0.05, 0) is 18.6 Å². The van der Waals surface area contributed by atoms with Gasteiger partial charge in [-0.25, -0.2) is 0 Å². The molecule has 9 nitrogen and oxygen atoms in total. The summed E-state index contributed by atoms with van der Waals surface area (Å²) in [6, 6.07) is 6.46. The van der Waals surface area contributed by atoms with Crippen LogP contribution in [0.2, 0.25) is 0 Å². The normalized spacial score (nSPS) is 14.0. The maximum absolute atomic E-state index is 12.3. The van der Waals surface area contributed by atoms with Crippen LogP contribution >= 0.6 is 0 Å². The lowest BCUT2D eigenvalue weighted by Crippen LogP contribution is -2.32. The monoisotopic (exact) mass is 391 g/mol. The molecular formula is C19H21NO8. The highest BCUT2D eigenvalue weighted by molar-refractivity contribution is 6.21. The first-order valence-electron chi connectivity index (χ1n) is 8.77. The van der Waals surface area contributed by atoms with Gasteiger partial charge in [-0.3, -0.25) is 28.9 Å². The van der Waals surface area contributed by atoms with E-state index in [1.165, 1.54) is 0 Å². The molecule has 0 saturated heterocycles. The van der Waals surface area contributed by atoms with E-state index in [9.17, 15) is 24.0 Å². The Bertz CT molecular complexity index is 766. The molecule has 1 N–H and O–H groups in total. The lowest BCUT2D eigenvalue weighted by molar-refractivity contribution is -0.192. The number of fused-ring (bicyclic) bond motifs is 1. The predicted molar refractivity (Wildman–Crippen MR) is 94.1 cm³/mol. The summed E-state index contributed by atoms with van der Waals surface area (Å²) in [5.41, 5.74) is 0.645. The van der Waals surface area contributed by atoms with Crippen molar-refractivity contribution in [3.8, 4) is 0 Å². The molecule has 0 spiro atoms. The zero-order chi connectivity index (χ0) is 20.8. The van der Waals surface area contributed by atoms with Gasteiger partial charge >= 0.3 is 17.9 Å². The van der Waals surface area contributed by atoms with E-state index in [0.29, 0.717) is 11.1 Å². The van der Waals surface area contributed by atoms with Gasteiger partial charge in [0.25, 0.3) is 11.8 Å². The van der Waals surface area contributed by atoms with E-state index in [-0.39, 0.29) is 19.4 Å². The summed E-state index contributed by atoms with van der Waals surface area (Å²) in [6.07, 6.45) is -1.95. The molecule has 2 rings (SSSR count). The third-order valence-electron chi connectivity index (χ3n) is 3.98. The van der Waals surface area contributed by atoms with E-state index in [0.717, 1.165) is 4.90 Å². The van der Waals surface area contributed by atoms with Crippen molar-refractivity contribution in [2.24, 2.45) is 5.92 Å². The van der Waals surface area contributed by atoms with Crippen LogP contribution in [-0.2, 0) is 23.9 Å². The SMILES string of the molecule is CC(C)C(=O)OC(CCCN1C(=O)c2ccccc2C1=O)OC(=O)CC(=O)O. The molecule has 1 aliphatic heterocycles. The largest absolute Gasteiger partial charge is 0.481 e. The molecule has 0 saturated carbocycles. The quantitative estimate of drug-likeness (QED) is 0.291. The van der Waals surface area contributed by atoms with Gasteiger partial charge in [-0.2, -0.15) is 0 Å². The standard InChI is InChI=1S/C19H21NO8/c1-11(2)19(26)28-16(27-15(23)10-14(21)22)8-5-9-20-17(24)12-6-3-4-7-13(12)18(20)25/h3-4,6-7,11,16H,5,8-10H2,1-2H3,(H,21,22). The molecule has 9 heteroatoms. The van der Waals surface area contributed by atoms with Crippen molar-refractivity contribution in [2.45, 2.75) is 39.4 Å². The minimum absolute atomic E-state index is 0.0111. The number of amides is 2. The van der Waals surface area contributed by atoms with Crippen LogP contribution < -0.4 is 0 Å². The molecule has 1 heterocycles. The Morgan fingerprint density at radius 1 is 1.04 bits per heavy atom. The molecular weight excluding hydrogens is 370 g/mol. The number of hydrogen-bond donors (Lipinski definition) is 1. The van der Waals surface area contributed by atoms with Gasteiger partial charge in [0.05, 0.1) is 17.0 Å². The van der Waals surface area contributed by atoms with Gasteiger partial charge in [0.2, 0.25) is 6.29 Å². The second kappa shape index (κ2) is 9.12. The predicted octanol–water partition coefficient (Wildman–Crippen LogP) is 1.61. The molecule has 1 atom stereocenters. The van der Waals surface area contributed by atoms with Crippen molar-refractivity contribution in [1.82, 2.24) is 4.90 Å². The molecule has 0 fully saturated rings. The van der Waals surface area contributed by atoms with Crippen LogP contribution in [0.3, 0.4) is 0 Å². The third-order valence-corrected chi connectivity index (χ3v) is 3.98. The van der Waals surface area contributed by atoms with Crippen molar-refractivity contribution < 1.29 is 38.6 Å². The fraction of sp³-hybridized carbons (Fsp3) is 0.421. The maximum Gasteiger partial charge on any atom is 0.320 e. The number of carbonyl (C=O) groups is 5. The average Bonchev–Trinajstić information content (AvgIpc) is 2.86. The molecule has 0 aromatic heterocycles. The molecule has 1 aromatic carbocycles. The average molecular weight is 391 g/mol. The Kier molecular flexibility index (Phi) is 6.86. The Hall–Kier alpha value is -3.23. The van der Waals surface area contributed by atoms with Crippen LogP contribution in [0.15, 0.2) is 24.3 Å². The Morgan fingerprint density at radius 3 is 2.11 bits per heavy atom. The van der Waals surface area contributed by atoms with Crippen LogP contribution in [0.1, 0.15) is 53.8 Å². The first-order valence-corrected chi connectivity index (χ1v) is 8.77. The number of carbonyl (C=O) groups excluding carboxylic acids is 4. The highest BCUT2D eigenvalue weighted by Gasteiger charge is 2.35. The van der Waals surface area contributed by atoms with Crippen LogP contribution in [0, 0.1) is 5.92 Å². The van der Waals surface area contributed by atoms with E-state index >= 15 is 0 Å². The van der Waals surface area contributed by atoms with E-state index in [1.54, 1.807) is 38.1 Å². The topological polar surface area (TPSA) is 127 Å². The molecule has 2 amide bonds. The highest BCUT2D eigenvalue weighted by atomic mass is 16.7. The number of esters is 2. The van der Waals surface area contributed by atoms with Crippen LogP contribution in [-0.4, -0.2) is 52.6 Å². The number of hydrogen-bond acceptors (Lipinski definition) is 7. The van der Waals surface area contributed by atoms with Crippen LogP contribution in [0.4, 0.5) is 0 Å². The fourth-order valence-electron chi connectivity index (χ4n) is 2.58. The zero-order valence-electron chi connectivity index (χ0n) is 15.5. The number of carboxylic acid groups (broad SMARTS) is 1. The van der Waals surface area contributed by atoms with Crippen molar-refractivity contribution in [1.29, 1.82) is 0 Å². The summed E-state index contributed by atoms with van der Waals surface area (Å²) in [7, 11) is 0. The molecule has 0 aliphatic carbocycles. The van der Waals surface area contributed by atoms with E-state index in [4.69, 9.17) is 14.6 Å². The number of imide groups is 1. The summed E-state index contributed by atoms with van der Waals surface area (Å²) in [5.74, 6) is -4.34. The van der Waals surface area contributed by atoms with Gasteiger partial charge in [0.1, 0.15) is 6.42 Å². The lowest BCUT2D eigenvalue weighted by Gasteiger charge is -2.20. The van der Waals surface area contributed by atoms with E-state index in [1.807, 2.05) is 0 Å². The van der Waals surface area contributed by atoms with Gasteiger partial charge in [-0.15, -0.1) is 0 Å². The second-order valence-corrected chi connectivity index (χ2v) is 6.53. The molecule has 1 aromatic rings. The number of carboxylic acids is 1. The molecule has 1 aliphatic rings. The highest BCUT2D eigenvalue weighted by Crippen LogP contribution is 2.23.